The maximum atomic E-state index is 12.3. The summed E-state index contributed by atoms with van der Waals surface area (Å²) in [7, 11) is 1.55. The number of nitrogens with one attached hydrogen (secondary N) is 2. The highest BCUT2D eigenvalue weighted by Gasteiger charge is 2.13. The Bertz CT molecular complexity index is 1190. The van der Waals surface area contributed by atoms with Crippen LogP contribution in [0.3, 0.4) is 0 Å². The lowest BCUT2D eigenvalue weighted by Gasteiger charge is -2.12. The third-order valence-corrected chi connectivity index (χ3v) is 4.50. The van der Waals surface area contributed by atoms with Crippen molar-refractivity contribution in [2.45, 2.75) is 6.61 Å². The van der Waals surface area contributed by atoms with E-state index in [9.17, 15) is 13.6 Å². The lowest BCUT2D eigenvalue weighted by atomic mass is 10.1. The Morgan fingerprint density at radius 2 is 1.80 bits per heavy atom. The molecular weight excluding hydrogens is 394 g/mol. The lowest BCUT2D eigenvalue weighted by molar-refractivity contribution is -0.114. The summed E-state index contributed by atoms with van der Waals surface area (Å²) in [5.74, 6) is 0.282. The van der Waals surface area contributed by atoms with Gasteiger partial charge in [0.15, 0.2) is 0 Å². The summed E-state index contributed by atoms with van der Waals surface area (Å²) in [6.07, 6.45) is 0. The minimum absolute atomic E-state index is 0.0185. The lowest BCUT2D eigenvalue weighted by Crippen LogP contribution is -2.21. The van der Waals surface area contributed by atoms with Crippen LogP contribution in [0.15, 0.2) is 65.1 Å². The van der Waals surface area contributed by atoms with Gasteiger partial charge in [-0.2, -0.15) is 8.78 Å². The average Bonchev–Trinajstić information content (AvgIpc) is 3.10. The Labute approximate surface area is 170 Å². The Morgan fingerprint density at radius 1 is 1.03 bits per heavy atom. The van der Waals surface area contributed by atoms with Crippen LogP contribution in [0.5, 0.6) is 11.5 Å². The first-order chi connectivity index (χ1) is 14.5. The first kappa shape index (κ1) is 19.5. The fourth-order valence-electron chi connectivity index (χ4n) is 3.16. The van der Waals surface area contributed by atoms with Gasteiger partial charge in [-0.1, -0.05) is 18.2 Å². The number of anilines is 2. The van der Waals surface area contributed by atoms with Crippen LogP contribution in [0.4, 0.5) is 20.2 Å². The highest BCUT2D eigenvalue weighted by molar-refractivity contribution is 6.06. The summed E-state index contributed by atoms with van der Waals surface area (Å²) < 4.78 is 40.0. The molecular formula is C22H18F2N2O4. The number of methoxy groups -OCH3 is 1. The molecule has 0 fully saturated rings. The maximum absolute atomic E-state index is 12.3. The molecule has 4 aromatic rings. The van der Waals surface area contributed by atoms with E-state index in [4.69, 9.17) is 9.15 Å². The van der Waals surface area contributed by atoms with Crippen LogP contribution in [0, 0.1) is 0 Å². The van der Waals surface area contributed by atoms with E-state index >= 15 is 0 Å². The molecule has 0 bridgehead atoms. The quantitative estimate of drug-likeness (QED) is 0.434. The van der Waals surface area contributed by atoms with Gasteiger partial charge in [-0.25, -0.2) is 0 Å². The third kappa shape index (κ3) is 4.12. The van der Waals surface area contributed by atoms with E-state index in [2.05, 4.69) is 15.4 Å². The first-order valence-corrected chi connectivity index (χ1v) is 9.11. The van der Waals surface area contributed by atoms with E-state index in [1.807, 2.05) is 30.3 Å². The highest BCUT2D eigenvalue weighted by Crippen LogP contribution is 2.36. The van der Waals surface area contributed by atoms with Crippen molar-refractivity contribution in [3.05, 3.63) is 60.7 Å². The minimum Gasteiger partial charge on any atom is -0.495 e. The Hall–Kier alpha value is -3.81. The number of furan rings is 1. The molecule has 2 N–H and O–H groups in total. The van der Waals surface area contributed by atoms with Gasteiger partial charge in [0.1, 0.15) is 22.7 Å². The van der Waals surface area contributed by atoms with Crippen LogP contribution in [0.25, 0.3) is 21.9 Å². The second-order valence-corrected chi connectivity index (χ2v) is 6.45. The van der Waals surface area contributed by atoms with Crippen molar-refractivity contribution in [2.75, 3.05) is 24.3 Å². The number of fused-ring (bicyclic) bond motifs is 3. The van der Waals surface area contributed by atoms with Crippen molar-refractivity contribution >= 4 is 39.2 Å². The van der Waals surface area contributed by atoms with Crippen LogP contribution < -0.4 is 20.1 Å². The molecule has 1 amide bonds. The zero-order chi connectivity index (χ0) is 21.1. The molecule has 1 heterocycles. The molecule has 6 nitrogen and oxygen atoms in total. The second kappa shape index (κ2) is 8.28. The summed E-state index contributed by atoms with van der Waals surface area (Å²) in [6.45, 7) is -2.93. The molecule has 3 aromatic carbocycles. The molecule has 0 radical (unpaired) electrons. The predicted molar refractivity (Wildman–Crippen MR) is 110 cm³/mol. The van der Waals surface area contributed by atoms with E-state index in [0.717, 1.165) is 16.4 Å². The van der Waals surface area contributed by atoms with Crippen LogP contribution in [0.1, 0.15) is 0 Å². The van der Waals surface area contributed by atoms with Crippen molar-refractivity contribution in [3.63, 3.8) is 0 Å². The monoisotopic (exact) mass is 412 g/mol. The van der Waals surface area contributed by atoms with E-state index in [-0.39, 0.29) is 18.2 Å². The van der Waals surface area contributed by atoms with Crippen molar-refractivity contribution in [3.8, 4) is 11.5 Å². The highest BCUT2D eigenvalue weighted by atomic mass is 19.3. The molecule has 1 aromatic heterocycles. The van der Waals surface area contributed by atoms with Crippen LogP contribution in [0.2, 0.25) is 0 Å². The average molecular weight is 412 g/mol. The molecule has 0 aliphatic carbocycles. The van der Waals surface area contributed by atoms with Gasteiger partial charge in [0.2, 0.25) is 5.91 Å². The SMILES string of the molecule is COc1cc2c(cc1NCC(=O)Nc1ccc(OC(F)F)cc1)oc1ccccc12. The molecule has 0 aliphatic heterocycles. The summed E-state index contributed by atoms with van der Waals surface area (Å²) in [5, 5.41) is 7.62. The normalized spacial score (nSPS) is 11.1. The molecule has 154 valence electrons. The number of halogens is 2. The topological polar surface area (TPSA) is 72.7 Å². The fourth-order valence-corrected chi connectivity index (χ4v) is 3.16. The van der Waals surface area contributed by atoms with E-state index in [1.54, 1.807) is 13.2 Å². The number of amides is 1. The molecule has 0 saturated carbocycles. The maximum Gasteiger partial charge on any atom is 0.387 e. The number of carbonyl (C=O) groups is 1. The summed E-state index contributed by atoms with van der Waals surface area (Å²) in [5.41, 5.74) is 2.52. The van der Waals surface area contributed by atoms with E-state index in [0.29, 0.717) is 22.7 Å². The van der Waals surface area contributed by atoms with Gasteiger partial charge in [0, 0.05) is 22.5 Å². The molecule has 0 saturated heterocycles. The number of hydrogen-bond donors (Lipinski definition) is 2. The molecule has 0 unspecified atom stereocenters. The molecule has 0 spiro atoms. The number of alkyl halides is 2. The van der Waals surface area contributed by atoms with E-state index < -0.39 is 6.61 Å². The molecule has 30 heavy (non-hydrogen) atoms. The number of ether oxygens (including phenoxy) is 2. The van der Waals surface area contributed by atoms with Gasteiger partial charge in [0.05, 0.1) is 19.3 Å². The third-order valence-electron chi connectivity index (χ3n) is 4.50. The fraction of sp³-hybridized carbons (Fsp3) is 0.136. The zero-order valence-electron chi connectivity index (χ0n) is 15.9. The predicted octanol–water partition coefficient (Wildman–Crippen LogP) is 5.25. The number of benzene rings is 3. The van der Waals surface area contributed by atoms with Crippen molar-refractivity contribution < 1.29 is 27.5 Å². The van der Waals surface area contributed by atoms with Crippen LogP contribution in [-0.4, -0.2) is 26.2 Å². The van der Waals surface area contributed by atoms with Crippen LogP contribution in [-0.2, 0) is 4.79 Å². The summed E-state index contributed by atoms with van der Waals surface area (Å²) >= 11 is 0. The molecule has 0 atom stereocenters. The van der Waals surface area contributed by atoms with E-state index in [1.165, 1.54) is 24.3 Å². The zero-order valence-corrected chi connectivity index (χ0v) is 15.9. The van der Waals surface area contributed by atoms with Gasteiger partial charge in [-0.05, 0) is 36.4 Å². The number of para-hydroxylation sites is 1. The van der Waals surface area contributed by atoms with Gasteiger partial charge in [-0.3, -0.25) is 4.79 Å². The van der Waals surface area contributed by atoms with Gasteiger partial charge >= 0.3 is 6.61 Å². The van der Waals surface area contributed by atoms with Gasteiger partial charge < -0.3 is 24.5 Å². The summed E-state index contributed by atoms with van der Waals surface area (Å²) in [4.78, 5) is 12.3. The number of rotatable bonds is 7. The van der Waals surface area contributed by atoms with Crippen molar-refractivity contribution in [1.82, 2.24) is 0 Å². The first-order valence-electron chi connectivity index (χ1n) is 9.11. The van der Waals surface area contributed by atoms with Crippen molar-refractivity contribution in [2.24, 2.45) is 0 Å². The molecule has 8 heteroatoms. The standard InChI is InChI=1S/C22H18F2N2O4/c1-28-20-10-16-15-4-2-3-5-18(15)30-19(16)11-17(20)25-12-21(27)26-13-6-8-14(9-7-13)29-22(23)24/h2-11,22,25H,12H2,1H3,(H,26,27). The van der Waals surface area contributed by atoms with Gasteiger partial charge in [0.25, 0.3) is 0 Å². The Morgan fingerprint density at radius 3 is 2.53 bits per heavy atom. The smallest absolute Gasteiger partial charge is 0.387 e. The summed E-state index contributed by atoms with van der Waals surface area (Å²) in [6, 6.07) is 17.0. The Balaban J connectivity index is 1.46. The van der Waals surface area contributed by atoms with Crippen LogP contribution >= 0.6 is 0 Å². The minimum atomic E-state index is -2.89. The Kier molecular flexibility index (Phi) is 5.38. The molecule has 4 rings (SSSR count). The number of hydrogen-bond acceptors (Lipinski definition) is 5. The van der Waals surface area contributed by atoms with Crippen molar-refractivity contribution in [1.29, 1.82) is 0 Å². The number of carbonyl (C=O) groups excluding carboxylic acids is 1. The largest absolute Gasteiger partial charge is 0.495 e. The second-order valence-electron chi connectivity index (χ2n) is 6.45. The molecule has 0 aliphatic rings. The van der Waals surface area contributed by atoms with Gasteiger partial charge in [-0.15, -0.1) is 0 Å².